The lowest BCUT2D eigenvalue weighted by atomic mass is 10.1. The number of benzene rings is 1. The zero-order valence-electron chi connectivity index (χ0n) is 14.6. The van der Waals surface area contributed by atoms with Gasteiger partial charge in [0.2, 0.25) is 0 Å². The molecule has 2 rings (SSSR count). The van der Waals surface area contributed by atoms with Crippen LogP contribution in [-0.4, -0.2) is 33.1 Å². The Hall–Kier alpha value is -1.28. The van der Waals surface area contributed by atoms with Gasteiger partial charge in [0, 0.05) is 37.7 Å². The summed E-state index contributed by atoms with van der Waals surface area (Å²) in [5.41, 5.74) is 2.56. The Labute approximate surface area is 166 Å². The number of aliphatic imine (C=N–C) groups is 1. The van der Waals surface area contributed by atoms with Crippen molar-refractivity contribution in [1.82, 2.24) is 10.6 Å². The van der Waals surface area contributed by atoms with Crippen LogP contribution in [0.4, 0.5) is 5.69 Å². The number of nitrogens with one attached hydrogen (secondary N) is 2. The molecule has 0 aliphatic rings. The Morgan fingerprint density at radius 2 is 1.88 bits per heavy atom. The van der Waals surface area contributed by atoms with E-state index < -0.39 is 0 Å². The summed E-state index contributed by atoms with van der Waals surface area (Å²) >= 11 is 1.74. The monoisotopic (exact) mass is 458 g/mol. The van der Waals surface area contributed by atoms with E-state index in [1.54, 1.807) is 11.3 Å². The van der Waals surface area contributed by atoms with Crippen molar-refractivity contribution in [1.29, 1.82) is 0 Å². The standard InChI is InChI=1S/C18H26N4S.HI/c1-4-19-18(21-14-17-6-5-13-23-17)20-12-11-15-7-9-16(10-8-15)22(2)3;/h5-10,13H,4,11-12,14H2,1-3H3,(H2,19,20,21);1H. The molecular weight excluding hydrogens is 431 g/mol. The van der Waals surface area contributed by atoms with Crippen LogP contribution in [0, 0.1) is 0 Å². The summed E-state index contributed by atoms with van der Waals surface area (Å²) in [5, 5.41) is 8.78. The fourth-order valence-corrected chi connectivity index (χ4v) is 2.82. The van der Waals surface area contributed by atoms with Crippen molar-refractivity contribution in [3.8, 4) is 0 Å². The van der Waals surface area contributed by atoms with Crippen LogP contribution in [-0.2, 0) is 13.0 Å². The van der Waals surface area contributed by atoms with E-state index in [4.69, 9.17) is 0 Å². The molecule has 0 fully saturated rings. The zero-order valence-corrected chi connectivity index (χ0v) is 17.7. The van der Waals surface area contributed by atoms with Crippen LogP contribution in [0.5, 0.6) is 0 Å². The molecule has 1 aromatic heterocycles. The van der Waals surface area contributed by atoms with Crippen LogP contribution in [0.2, 0.25) is 0 Å². The predicted octanol–water partition coefficient (Wildman–Crippen LogP) is 3.73. The van der Waals surface area contributed by atoms with Gasteiger partial charge in [0.25, 0.3) is 0 Å². The summed E-state index contributed by atoms with van der Waals surface area (Å²) in [6, 6.07) is 12.9. The molecule has 0 unspecified atom stereocenters. The molecule has 0 atom stereocenters. The SMILES string of the molecule is CCNC(=NCc1cccs1)NCCc1ccc(N(C)C)cc1.I. The van der Waals surface area contributed by atoms with Crippen LogP contribution in [0.1, 0.15) is 17.4 Å². The molecule has 0 aliphatic carbocycles. The molecule has 24 heavy (non-hydrogen) atoms. The molecule has 0 saturated heterocycles. The van der Waals surface area contributed by atoms with Crippen LogP contribution >= 0.6 is 35.3 Å². The molecule has 2 N–H and O–H groups in total. The molecule has 0 spiro atoms. The molecule has 0 bridgehead atoms. The molecule has 2 aromatic rings. The molecule has 0 radical (unpaired) electrons. The van der Waals surface area contributed by atoms with E-state index in [0.29, 0.717) is 0 Å². The van der Waals surface area contributed by atoms with Crippen LogP contribution in [0.25, 0.3) is 0 Å². The van der Waals surface area contributed by atoms with E-state index in [0.717, 1.165) is 32.0 Å². The van der Waals surface area contributed by atoms with Crippen LogP contribution in [0.15, 0.2) is 46.8 Å². The van der Waals surface area contributed by atoms with E-state index in [1.165, 1.54) is 16.1 Å². The third kappa shape index (κ3) is 7.09. The Morgan fingerprint density at radius 1 is 1.12 bits per heavy atom. The third-order valence-electron chi connectivity index (χ3n) is 3.48. The number of thiophene rings is 1. The maximum Gasteiger partial charge on any atom is 0.191 e. The summed E-state index contributed by atoms with van der Waals surface area (Å²) < 4.78 is 0. The van der Waals surface area contributed by atoms with E-state index >= 15 is 0 Å². The first-order chi connectivity index (χ1) is 11.2. The average molecular weight is 458 g/mol. The second kappa shape index (κ2) is 11.3. The third-order valence-corrected chi connectivity index (χ3v) is 4.34. The van der Waals surface area contributed by atoms with Crippen molar-refractivity contribution in [2.45, 2.75) is 19.9 Å². The van der Waals surface area contributed by atoms with Gasteiger partial charge >= 0.3 is 0 Å². The summed E-state index contributed by atoms with van der Waals surface area (Å²) in [7, 11) is 4.12. The Balaban J connectivity index is 0.00000288. The molecule has 0 aliphatic heterocycles. The lowest BCUT2D eigenvalue weighted by Gasteiger charge is -2.13. The summed E-state index contributed by atoms with van der Waals surface area (Å²) in [6.07, 6.45) is 0.983. The first-order valence-electron chi connectivity index (χ1n) is 8.00. The van der Waals surface area contributed by atoms with Crippen molar-refractivity contribution >= 4 is 47.0 Å². The molecule has 1 heterocycles. The van der Waals surface area contributed by atoms with Gasteiger partial charge in [-0.25, -0.2) is 4.99 Å². The largest absolute Gasteiger partial charge is 0.378 e. The second-order valence-corrected chi connectivity index (χ2v) is 6.54. The minimum atomic E-state index is 0. The van der Waals surface area contributed by atoms with Gasteiger partial charge in [-0.05, 0) is 42.5 Å². The highest BCUT2D eigenvalue weighted by molar-refractivity contribution is 14.0. The van der Waals surface area contributed by atoms with Crippen molar-refractivity contribution < 1.29 is 0 Å². The molecule has 132 valence electrons. The van der Waals surface area contributed by atoms with Gasteiger partial charge in [-0.1, -0.05) is 18.2 Å². The molecular formula is C18H27IN4S. The number of guanidine groups is 1. The van der Waals surface area contributed by atoms with E-state index in [1.807, 2.05) is 0 Å². The highest BCUT2D eigenvalue weighted by atomic mass is 127. The highest BCUT2D eigenvalue weighted by Gasteiger charge is 2.00. The van der Waals surface area contributed by atoms with Gasteiger partial charge in [-0.3, -0.25) is 0 Å². The van der Waals surface area contributed by atoms with Gasteiger partial charge in [-0.15, -0.1) is 35.3 Å². The average Bonchev–Trinajstić information content (AvgIpc) is 3.06. The van der Waals surface area contributed by atoms with Crippen molar-refractivity contribution in [3.05, 3.63) is 52.2 Å². The lowest BCUT2D eigenvalue weighted by Crippen LogP contribution is -2.38. The summed E-state index contributed by atoms with van der Waals surface area (Å²) in [5.74, 6) is 0.880. The molecule has 1 aromatic carbocycles. The number of hydrogen-bond donors (Lipinski definition) is 2. The van der Waals surface area contributed by atoms with Crippen molar-refractivity contribution in [2.24, 2.45) is 4.99 Å². The first kappa shape index (κ1) is 20.8. The lowest BCUT2D eigenvalue weighted by molar-refractivity contribution is 0.801. The molecule has 0 saturated carbocycles. The fourth-order valence-electron chi connectivity index (χ4n) is 2.19. The van der Waals surface area contributed by atoms with Gasteiger partial charge in [-0.2, -0.15) is 0 Å². The second-order valence-electron chi connectivity index (χ2n) is 5.51. The maximum atomic E-state index is 4.62. The van der Waals surface area contributed by atoms with Gasteiger partial charge in [0.15, 0.2) is 5.96 Å². The summed E-state index contributed by atoms with van der Waals surface area (Å²) in [4.78, 5) is 8.02. The summed E-state index contributed by atoms with van der Waals surface area (Å²) in [6.45, 7) is 4.55. The van der Waals surface area contributed by atoms with Gasteiger partial charge in [0.1, 0.15) is 0 Å². The quantitative estimate of drug-likeness (QED) is 0.378. The maximum absolute atomic E-state index is 4.62. The predicted molar refractivity (Wildman–Crippen MR) is 117 cm³/mol. The molecule has 0 amide bonds. The smallest absolute Gasteiger partial charge is 0.191 e. The number of nitrogens with zero attached hydrogens (tertiary/aromatic N) is 2. The van der Waals surface area contributed by atoms with Crippen LogP contribution < -0.4 is 15.5 Å². The highest BCUT2D eigenvalue weighted by Crippen LogP contribution is 2.12. The topological polar surface area (TPSA) is 39.7 Å². The Morgan fingerprint density at radius 3 is 2.46 bits per heavy atom. The van der Waals surface area contributed by atoms with Crippen molar-refractivity contribution in [3.63, 3.8) is 0 Å². The minimum Gasteiger partial charge on any atom is -0.378 e. The number of hydrogen-bond acceptors (Lipinski definition) is 3. The molecule has 6 heteroatoms. The fraction of sp³-hybridized carbons (Fsp3) is 0.389. The Bertz CT molecular complexity index is 594. The number of rotatable bonds is 7. The van der Waals surface area contributed by atoms with Crippen molar-refractivity contribution in [2.75, 3.05) is 32.1 Å². The van der Waals surface area contributed by atoms with Crippen LogP contribution in [0.3, 0.4) is 0 Å². The number of anilines is 1. The normalized spacial score (nSPS) is 10.9. The first-order valence-corrected chi connectivity index (χ1v) is 8.88. The minimum absolute atomic E-state index is 0. The van der Waals surface area contributed by atoms with Gasteiger partial charge in [0.05, 0.1) is 6.54 Å². The zero-order chi connectivity index (χ0) is 16.5. The van der Waals surface area contributed by atoms with E-state index in [9.17, 15) is 0 Å². The van der Waals surface area contributed by atoms with Gasteiger partial charge < -0.3 is 15.5 Å². The molecule has 4 nitrogen and oxygen atoms in total. The van der Waals surface area contributed by atoms with E-state index in [-0.39, 0.29) is 24.0 Å². The Kier molecular flexibility index (Phi) is 9.78. The number of halogens is 1. The van der Waals surface area contributed by atoms with E-state index in [2.05, 4.69) is 83.3 Å².